The Morgan fingerprint density at radius 2 is 1.52 bits per heavy atom. The van der Waals surface area contributed by atoms with E-state index in [4.69, 9.17) is 9.16 Å². The normalized spacial score (nSPS) is 25.3. The van der Waals surface area contributed by atoms with Crippen LogP contribution in [-0.4, -0.2) is 46.0 Å². The Balaban J connectivity index is 1.96. The first-order chi connectivity index (χ1) is 12.5. The molecule has 2 aliphatic rings. The van der Waals surface area contributed by atoms with Crippen molar-refractivity contribution in [2.75, 3.05) is 13.2 Å². The summed E-state index contributed by atoms with van der Waals surface area (Å²) in [5.74, 6) is 0. The van der Waals surface area contributed by atoms with E-state index in [2.05, 4.69) is 48.5 Å². The van der Waals surface area contributed by atoms with Crippen molar-refractivity contribution in [3.63, 3.8) is 0 Å². The quantitative estimate of drug-likeness (QED) is 0.311. The Morgan fingerprint density at radius 1 is 1.00 bits per heavy atom. The molecule has 0 amide bonds. The van der Waals surface area contributed by atoms with E-state index in [0.717, 1.165) is 25.7 Å². The third-order valence-corrected chi connectivity index (χ3v) is 16.1. The third-order valence-electron chi connectivity index (χ3n) is 6.99. The van der Waals surface area contributed by atoms with Gasteiger partial charge in [0, 0.05) is 12.7 Å². The summed E-state index contributed by atoms with van der Waals surface area (Å²) in [4.78, 5) is 0. The molecule has 27 heavy (non-hydrogen) atoms. The zero-order chi connectivity index (χ0) is 20.5. The SMILES string of the molecule is CCCCOCC1(S(=O)(=O)C2CC(O[Si](C(C)C)(C(C)C)C(C)C)C2)CC1. The maximum atomic E-state index is 13.1. The molecule has 2 saturated carbocycles. The molecule has 0 radical (unpaired) electrons. The topological polar surface area (TPSA) is 52.6 Å². The first-order valence-electron chi connectivity index (χ1n) is 11.0. The van der Waals surface area contributed by atoms with Gasteiger partial charge in [0.2, 0.25) is 8.32 Å². The number of sulfone groups is 1. The number of hydrogen-bond acceptors (Lipinski definition) is 4. The molecule has 160 valence electrons. The molecule has 2 fully saturated rings. The second kappa shape index (κ2) is 8.84. The minimum absolute atomic E-state index is 0.125. The molecular weight excluding hydrogens is 376 g/mol. The summed E-state index contributed by atoms with van der Waals surface area (Å²) in [6.07, 6.45) is 5.11. The van der Waals surface area contributed by atoms with Crippen LogP contribution >= 0.6 is 0 Å². The van der Waals surface area contributed by atoms with Crippen LogP contribution in [0.3, 0.4) is 0 Å². The van der Waals surface area contributed by atoms with Gasteiger partial charge in [0.1, 0.15) is 0 Å². The van der Waals surface area contributed by atoms with E-state index in [1.165, 1.54) is 0 Å². The van der Waals surface area contributed by atoms with E-state index in [9.17, 15) is 8.42 Å². The molecule has 2 aliphatic carbocycles. The highest BCUT2D eigenvalue weighted by Crippen LogP contribution is 2.51. The van der Waals surface area contributed by atoms with Crippen LogP contribution in [0.2, 0.25) is 16.6 Å². The van der Waals surface area contributed by atoms with Gasteiger partial charge < -0.3 is 9.16 Å². The van der Waals surface area contributed by atoms with Gasteiger partial charge in [-0.25, -0.2) is 8.42 Å². The number of rotatable bonds is 12. The maximum Gasteiger partial charge on any atom is 0.200 e. The zero-order valence-corrected chi connectivity index (χ0v) is 20.4. The third kappa shape index (κ3) is 4.49. The lowest BCUT2D eigenvalue weighted by atomic mass is 9.96. The summed E-state index contributed by atoms with van der Waals surface area (Å²) >= 11 is 0. The highest BCUT2D eigenvalue weighted by Gasteiger charge is 2.60. The van der Waals surface area contributed by atoms with Crippen molar-refractivity contribution in [2.24, 2.45) is 0 Å². The molecule has 0 aliphatic heterocycles. The van der Waals surface area contributed by atoms with Crippen LogP contribution in [0.5, 0.6) is 0 Å². The Labute approximate surface area is 168 Å². The van der Waals surface area contributed by atoms with E-state index in [1.54, 1.807) is 0 Å². The first-order valence-corrected chi connectivity index (χ1v) is 14.7. The summed E-state index contributed by atoms with van der Waals surface area (Å²) in [5, 5.41) is -0.224. The Morgan fingerprint density at radius 3 is 1.93 bits per heavy atom. The van der Waals surface area contributed by atoms with Gasteiger partial charge >= 0.3 is 0 Å². The van der Waals surface area contributed by atoms with Gasteiger partial charge in [0.15, 0.2) is 9.84 Å². The van der Waals surface area contributed by atoms with Gasteiger partial charge in [-0.3, -0.25) is 0 Å². The lowest BCUT2D eigenvalue weighted by molar-refractivity contribution is 0.0986. The molecule has 6 heteroatoms. The molecule has 0 unspecified atom stereocenters. The van der Waals surface area contributed by atoms with E-state index >= 15 is 0 Å². The molecule has 0 N–H and O–H groups in total. The molecule has 0 aromatic rings. The highest BCUT2D eigenvalue weighted by molar-refractivity contribution is 7.93. The molecule has 0 atom stereocenters. The average Bonchev–Trinajstić information content (AvgIpc) is 3.31. The minimum Gasteiger partial charge on any atom is -0.413 e. The predicted octanol–water partition coefficient (Wildman–Crippen LogP) is 5.47. The highest BCUT2D eigenvalue weighted by atomic mass is 32.2. The fourth-order valence-electron chi connectivity index (χ4n) is 5.07. The van der Waals surface area contributed by atoms with Crippen molar-refractivity contribution in [3.8, 4) is 0 Å². The smallest absolute Gasteiger partial charge is 0.200 e. The summed E-state index contributed by atoms with van der Waals surface area (Å²) < 4.78 is 38.2. The van der Waals surface area contributed by atoms with Crippen molar-refractivity contribution in [2.45, 2.75) is 120 Å². The van der Waals surface area contributed by atoms with Crippen LogP contribution in [0, 0.1) is 0 Å². The van der Waals surface area contributed by atoms with Crippen LogP contribution in [0.4, 0.5) is 0 Å². The van der Waals surface area contributed by atoms with Crippen LogP contribution in [0.25, 0.3) is 0 Å². The fraction of sp³-hybridized carbons (Fsp3) is 1.00. The van der Waals surface area contributed by atoms with Gasteiger partial charge in [-0.15, -0.1) is 0 Å². The van der Waals surface area contributed by atoms with Crippen molar-refractivity contribution < 1.29 is 17.6 Å². The molecule has 2 rings (SSSR count). The predicted molar refractivity (Wildman–Crippen MR) is 116 cm³/mol. The van der Waals surface area contributed by atoms with E-state index in [0.29, 0.717) is 42.7 Å². The monoisotopic (exact) mass is 418 g/mol. The lowest BCUT2D eigenvalue weighted by Crippen LogP contribution is -2.55. The Bertz CT molecular complexity index is 553. The van der Waals surface area contributed by atoms with Crippen molar-refractivity contribution >= 4 is 18.2 Å². The molecule has 0 aromatic heterocycles. The van der Waals surface area contributed by atoms with E-state index < -0.39 is 22.9 Å². The summed E-state index contributed by atoms with van der Waals surface area (Å²) in [6.45, 7) is 16.9. The summed E-state index contributed by atoms with van der Waals surface area (Å²) in [5.41, 5.74) is 1.61. The summed E-state index contributed by atoms with van der Waals surface area (Å²) in [6, 6.07) is 0. The number of hydrogen-bond donors (Lipinski definition) is 0. The molecule has 4 nitrogen and oxygen atoms in total. The van der Waals surface area contributed by atoms with Gasteiger partial charge in [0.05, 0.1) is 16.6 Å². The average molecular weight is 419 g/mol. The number of ether oxygens (including phenoxy) is 1. The largest absolute Gasteiger partial charge is 0.413 e. The Kier molecular flexibility index (Phi) is 7.65. The molecule has 0 heterocycles. The lowest BCUT2D eigenvalue weighted by Gasteiger charge is -2.48. The molecule has 0 spiro atoms. The summed E-state index contributed by atoms with van der Waals surface area (Å²) in [7, 11) is -5.05. The molecular formula is C21H42O4SSi. The second-order valence-electron chi connectivity index (χ2n) is 9.79. The van der Waals surface area contributed by atoms with Crippen LogP contribution in [0.15, 0.2) is 0 Å². The maximum absolute atomic E-state index is 13.1. The second-order valence-corrected chi connectivity index (χ2v) is 17.8. The number of unbranched alkanes of at least 4 members (excludes halogenated alkanes) is 1. The van der Waals surface area contributed by atoms with Crippen molar-refractivity contribution in [1.29, 1.82) is 0 Å². The van der Waals surface area contributed by atoms with Gasteiger partial charge in [-0.2, -0.15) is 0 Å². The van der Waals surface area contributed by atoms with E-state index in [1.807, 2.05) is 0 Å². The fourth-order valence-corrected chi connectivity index (χ4v) is 13.2. The van der Waals surface area contributed by atoms with Gasteiger partial charge in [-0.05, 0) is 48.7 Å². The zero-order valence-electron chi connectivity index (χ0n) is 18.6. The van der Waals surface area contributed by atoms with Crippen LogP contribution in [-0.2, 0) is 19.0 Å². The van der Waals surface area contributed by atoms with Gasteiger partial charge in [-0.1, -0.05) is 54.9 Å². The van der Waals surface area contributed by atoms with Crippen molar-refractivity contribution in [3.05, 3.63) is 0 Å². The molecule has 0 bridgehead atoms. The minimum atomic E-state index is -3.12. The first kappa shape index (κ1) is 23.4. The standard InChI is InChI=1S/C21H42O4SSi/c1-8-9-12-24-15-21(10-11-21)26(22,23)20-13-19(14-20)25-27(16(2)3,17(4)5)18(6)7/h16-20H,8-15H2,1-7H3. The van der Waals surface area contributed by atoms with Crippen LogP contribution < -0.4 is 0 Å². The van der Waals surface area contributed by atoms with Crippen molar-refractivity contribution in [1.82, 2.24) is 0 Å². The Hall–Kier alpha value is 0.0869. The van der Waals surface area contributed by atoms with Crippen LogP contribution in [0.1, 0.15) is 87.0 Å². The van der Waals surface area contributed by atoms with Gasteiger partial charge in [0.25, 0.3) is 0 Å². The molecule has 0 saturated heterocycles. The molecule has 0 aromatic carbocycles. The van der Waals surface area contributed by atoms with E-state index in [-0.39, 0.29) is 11.4 Å².